The summed E-state index contributed by atoms with van der Waals surface area (Å²) in [6.45, 7) is 6.61. The third-order valence-corrected chi connectivity index (χ3v) is 3.50. The minimum atomic E-state index is 0.551. The van der Waals surface area contributed by atoms with Gasteiger partial charge in [-0.1, -0.05) is 60.1 Å². The average molecular weight is 289 g/mol. The van der Waals surface area contributed by atoms with Gasteiger partial charge in [0.15, 0.2) is 0 Å². The van der Waals surface area contributed by atoms with Crippen LogP contribution in [0.1, 0.15) is 30.9 Å². The third-order valence-electron chi connectivity index (χ3n) is 3.04. The Bertz CT molecular complexity index is 527. The Morgan fingerprint density at radius 2 is 1.71 bits per heavy atom. The molecular formula is C16H17Br. The van der Waals surface area contributed by atoms with E-state index >= 15 is 0 Å². The molecule has 0 aliphatic rings. The Kier molecular flexibility index (Phi) is 3.68. The summed E-state index contributed by atoms with van der Waals surface area (Å²) in [5, 5.41) is 0. The summed E-state index contributed by atoms with van der Waals surface area (Å²) in [6, 6.07) is 15.2. The minimum absolute atomic E-state index is 0.551. The SMILES string of the molecule is Cc1ccccc1-c1cc(Br)cc(C(C)C)c1. The fraction of sp³-hybridized carbons (Fsp3) is 0.250. The summed E-state index contributed by atoms with van der Waals surface area (Å²) in [4.78, 5) is 0. The lowest BCUT2D eigenvalue weighted by molar-refractivity contribution is 0.866. The van der Waals surface area contributed by atoms with Crippen LogP contribution in [-0.2, 0) is 0 Å². The Hall–Kier alpha value is -1.08. The molecule has 0 heterocycles. The van der Waals surface area contributed by atoms with Gasteiger partial charge in [0.1, 0.15) is 0 Å². The van der Waals surface area contributed by atoms with Gasteiger partial charge in [0.2, 0.25) is 0 Å². The van der Waals surface area contributed by atoms with Crippen molar-refractivity contribution in [2.45, 2.75) is 26.7 Å². The molecule has 0 spiro atoms. The first kappa shape index (κ1) is 12.4. The zero-order valence-corrected chi connectivity index (χ0v) is 12.1. The molecule has 88 valence electrons. The molecule has 0 nitrogen and oxygen atoms in total. The van der Waals surface area contributed by atoms with Crippen LogP contribution in [-0.4, -0.2) is 0 Å². The molecule has 0 saturated carbocycles. The first-order valence-electron chi connectivity index (χ1n) is 5.94. The van der Waals surface area contributed by atoms with Crippen LogP contribution in [0.2, 0.25) is 0 Å². The van der Waals surface area contributed by atoms with E-state index in [1.165, 1.54) is 22.3 Å². The maximum absolute atomic E-state index is 3.60. The number of hydrogen-bond acceptors (Lipinski definition) is 0. The van der Waals surface area contributed by atoms with Gasteiger partial charge in [0, 0.05) is 4.47 Å². The lowest BCUT2D eigenvalue weighted by Gasteiger charge is -2.11. The fourth-order valence-electron chi connectivity index (χ4n) is 2.00. The highest BCUT2D eigenvalue weighted by atomic mass is 79.9. The largest absolute Gasteiger partial charge is 0.0620 e. The van der Waals surface area contributed by atoms with Crippen LogP contribution in [0, 0.1) is 6.92 Å². The van der Waals surface area contributed by atoms with Gasteiger partial charge in [0.05, 0.1) is 0 Å². The van der Waals surface area contributed by atoms with Crippen molar-refractivity contribution in [1.82, 2.24) is 0 Å². The molecule has 1 heteroatoms. The first-order chi connectivity index (χ1) is 8.08. The molecule has 0 fully saturated rings. The maximum atomic E-state index is 3.60. The van der Waals surface area contributed by atoms with Gasteiger partial charge in [-0.3, -0.25) is 0 Å². The van der Waals surface area contributed by atoms with E-state index in [4.69, 9.17) is 0 Å². The molecule has 0 saturated heterocycles. The fourth-order valence-corrected chi connectivity index (χ4v) is 2.51. The highest BCUT2D eigenvalue weighted by Crippen LogP contribution is 2.30. The van der Waals surface area contributed by atoms with Crippen LogP contribution in [0.5, 0.6) is 0 Å². The number of rotatable bonds is 2. The van der Waals surface area contributed by atoms with Crippen LogP contribution in [0.3, 0.4) is 0 Å². The zero-order valence-electron chi connectivity index (χ0n) is 10.5. The van der Waals surface area contributed by atoms with Gasteiger partial charge in [-0.15, -0.1) is 0 Å². The standard InChI is InChI=1S/C16H17Br/c1-11(2)13-8-14(10-15(17)9-13)16-7-5-4-6-12(16)3/h4-11H,1-3H3. The normalized spacial score (nSPS) is 10.9. The highest BCUT2D eigenvalue weighted by molar-refractivity contribution is 9.10. The van der Waals surface area contributed by atoms with Crippen molar-refractivity contribution in [3.63, 3.8) is 0 Å². The molecule has 0 amide bonds. The Labute approximate surface area is 112 Å². The van der Waals surface area contributed by atoms with Crippen molar-refractivity contribution < 1.29 is 0 Å². The van der Waals surface area contributed by atoms with Gasteiger partial charge < -0.3 is 0 Å². The monoisotopic (exact) mass is 288 g/mol. The highest BCUT2D eigenvalue weighted by Gasteiger charge is 2.06. The molecule has 0 N–H and O–H groups in total. The molecule has 0 aliphatic heterocycles. The third kappa shape index (κ3) is 2.78. The molecular weight excluding hydrogens is 272 g/mol. The molecule has 2 aromatic carbocycles. The van der Waals surface area contributed by atoms with Crippen molar-refractivity contribution in [2.24, 2.45) is 0 Å². The van der Waals surface area contributed by atoms with Crippen LogP contribution in [0.4, 0.5) is 0 Å². The van der Waals surface area contributed by atoms with Gasteiger partial charge >= 0.3 is 0 Å². The summed E-state index contributed by atoms with van der Waals surface area (Å²) in [6.07, 6.45) is 0. The number of hydrogen-bond donors (Lipinski definition) is 0. The second-order valence-electron chi connectivity index (χ2n) is 4.74. The second kappa shape index (κ2) is 5.05. The van der Waals surface area contributed by atoms with E-state index < -0.39 is 0 Å². The van der Waals surface area contributed by atoms with E-state index in [-0.39, 0.29) is 0 Å². The van der Waals surface area contributed by atoms with Crippen LogP contribution in [0.15, 0.2) is 46.9 Å². The van der Waals surface area contributed by atoms with E-state index in [9.17, 15) is 0 Å². The molecule has 0 aliphatic carbocycles. The summed E-state index contributed by atoms with van der Waals surface area (Å²) >= 11 is 3.60. The van der Waals surface area contributed by atoms with Crippen LogP contribution >= 0.6 is 15.9 Å². The molecule has 0 bridgehead atoms. The van der Waals surface area contributed by atoms with E-state index in [0.717, 1.165) is 4.47 Å². The Morgan fingerprint density at radius 1 is 1.00 bits per heavy atom. The van der Waals surface area contributed by atoms with E-state index in [1.807, 2.05) is 0 Å². The second-order valence-corrected chi connectivity index (χ2v) is 5.66. The number of halogens is 1. The Morgan fingerprint density at radius 3 is 2.35 bits per heavy atom. The smallest absolute Gasteiger partial charge is 0.0184 e. The predicted molar refractivity (Wildman–Crippen MR) is 78.4 cm³/mol. The van der Waals surface area contributed by atoms with Crippen molar-refractivity contribution in [2.75, 3.05) is 0 Å². The molecule has 2 aromatic rings. The van der Waals surface area contributed by atoms with Gasteiger partial charge in [0.25, 0.3) is 0 Å². The molecule has 0 unspecified atom stereocenters. The Balaban J connectivity index is 2.56. The zero-order chi connectivity index (χ0) is 12.4. The molecule has 0 radical (unpaired) electrons. The lowest BCUT2D eigenvalue weighted by Crippen LogP contribution is -1.90. The van der Waals surface area contributed by atoms with Crippen molar-refractivity contribution in [3.05, 3.63) is 58.1 Å². The molecule has 0 atom stereocenters. The van der Waals surface area contributed by atoms with Gasteiger partial charge in [-0.25, -0.2) is 0 Å². The first-order valence-corrected chi connectivity index (χ1v) is 6.73. The molecule has 2 rings (SSSR count). The molecule has 17 heavy (non-hydrogen) atoms. The van der Waals surface area contributed by atoms with Crippen molar-refractivity contribution in [3.8, 4) is 11.1 Å². The quantitative estimate of drug-likeness (QED) is 0.680. The summed E-state index contributed by atoms with van der Waals surface area (Å²) in [5.74, 6) is 0.551. The number of benzene rings is 2. The summed E-state index contributed by atoms with van der Waals surface area (Å²) < 4.78 is 1.15. The topological polar surface area (TPSA) is 0 Å². The summed E-state index contributed by atoms with van der Waals surface area (Å²) in [5.41, 5.74) is 5.30. The van der Waals surface area contributed by atoms with Crippen molar-refractivity contribution >= 4 is 15.9 Å². The lowest BCUT2D eigenvalue weighted by atomic mass is 9.95. The van der Waals surface area contributed by atoms with Crippen molar-refractivity contribution in [1.29, 1.82) is 0 Å². The maximum Gasteiger partial charge on any atom is 0.0184 e. The van der Waals surface area contributed by atoms with E-state index in [2.05, 4.69) is 79.2 Å². The van der Waals surface area contributed by atoms with Gasteiger partial charge in [-0.05, 0) is 47.2 Å². The summed E-state index contributed by atoms with van der Waals surface area (Å²) in [7, 11) is 0. The molecule has 0 aromatic heterocycles. The average Bonchev–Trinajstić information content (AvgIpc) is 2.28. The van der Waals surface area contributed by atoms with Crippen LogP contribution in [0.25, 0.3) is 11.1 Å². The van der Waals surface area contributed by atoms with Gasteiger partial charge in [-0.2, -0.15) is 0 Å². The number of aryl methyl sites for hydroxylation is 1. The van der Waals surface area contributed by atoms with E-state index in [0.29, 0.717) is 5.92 Å². The van der Waals surface area contributed by atoms with Crippen LogP contribution < -0.4 is 0 Å². The predicted octanol–water partition coefficient (Wildman–Crippen LogP) is 5.55. The minimum Gasteiger partial charge on any atom is -0.0620 e. The van der Waals surface area contributed by atoms with E-state index in [1.54, 1.807) is 0 Å².